The van der Waals surface area contributed by atoms with E-state index in [-0.39, 0.29) is 17.6 Å². The summed E-state index contributed by atoms with van der Waals surface area (Å²) in [4.78, 5) is 28.5. The predicted molar refractivity (Wildman–Crippen MR) is 146 cm³/mol. The molecular weight excluding hydrogens is 474 g/mol. The largest absolute Gasteiger partial charge is 0.459 e. The van der Waals surface area contributed by atoms with Crippen molar-refractivity contribution >= 4 is 11.8 Å². The topological polar surface area (TPSA) is 134 Å². The van der Waals surface area contributed by atoms with E-state index in [1.807, 2.05) is 32.7 Å². The van der Waals surface area contributed by atoms with E-state index < -0.39 is 47.3 Å². The average Bonchev–Trinajstić information content (AvgIpc) is 2.85. The minimum absolute atomic E-state index is 0.162. The third-order valence-electron chi connectivity index (χ3n) is 8.60. The molecule has 1 heterocycles. The monoisotopic (exact) mass is 529 g/mol. The lowest BCUT2D eigenvalue weighted by molar-refractivity contribution is -0.189. The molecule has 0 aromatic carbocycles. The van der Waals surface area contributed by atoms with E-state index >= 15 is 0 Å². The second-order valence-electron chi connectivity index (χ2n) is 11.7. The van der Waals surface area contributed by atoms with Crippen molar-refractivity contribution in [1.29, 1.82) is 0 Å². The number of hydrogen-bond acceptors (Lipinski definition) is 9. The van der Waals surface area contributed by atoms with Crippen LogP contribution in [0.3, 0.4) is 0 Å². The van der Waals surface area contributed by atoms with E-state index in [1.54, 1.807) is 13.8 Å². The summed E-state index contributed by atoms with van der Waals surface area (Å²) in [6, 6.07) is -0.398. The van der Waals surface area contributed by atoms with Crippen LogP contribution >= 0.6 is 0 Å². The molecule has 0 aromatic rings. The number of rotatable bonds is 8. The molecule has 9 heteroatoms. The molecule has 37 heavy (non-hydrogen) atoms. The van der Waals surface area contributed by atoms with Crippen molar-refractivity contribution in [2.75, 3.05) is 39.8 Å². The van der Waals surface area contributed by atoms with Gasteiger partial charge in [0.2, 0.25) is 0 Å². The van der Waals surface area contributed by atoms with Crippen LogP contribution in [0.4, 0.5) is 0 Å². The number of carbonyl (C=O) groups is 2. The molecule has 5 N–H and O–H groups in total. The number of ether oxygens (including phenoxy) is 2. The molecule has 1 rings (SSSR count). The number of nitrogens with zero attached hydrogens (tertiary/aromatic N) is 1. The van der Waals surface area contributed by atoms with Crippen LogP contribution < -0.4 is 11.1 Å². The van der Waals surface area contributed by atoms with Crippen molar-refractivity contribution in [3.05, 3.63) is 0 Å². The van der Waals surface area contributed by atoms with E-state index in [0.29, 0.717) is 39.1 Å². The third-order valence-corrected chi connectivity index (χ3v) is 8.60. The van der Waals surface area contributed by atoms with Crippen molar-refractivity contribution in [1.82, 2.24) is 10.2 Å². The SMILES string of the molecule is CC[C@H]1OC(=O)[C@H](C)C(=O)[C@H](C)C(C)[C@](C)(OCCNCCCN)C[C@@H](C)CN(C)[C@H](C)[C@@H](O)[C@]1(C)O. The van der Waals surface area contributed by atoms with Crippen molar-refractivity contribution in [2.24, 2.45) is 29.4 Å². The summed E-state index contributed by atoms with van der Waals surface area (Å²) in [5.41, 5.74) is 3.27. The van der Waals surface area contributed by atoms with Gasteiger partial charge in [-0.1, -0.05) is 27.7 Å². The fourth-order valence-electron chi connectivity index (χ4n) is 5.56. The van der Waals surface area contributed by atoms with Gasteiger partial charge in [-0.3, -0.25) is 9.59 Å². The summed E-state index contributed by atoms with van der Waals surface area (Å²) in [6.07, 6.45) is -0.225. The van der Waals surface area contributed by atoms with Crippen LogP contribution in [-0.4, -0.2) is 96.2 Å². The normalized spacial score (nSPS) is 39.6. The average molecular weight is 530 g/mol. The number of Topliss-reactive ketones (excluding diaryl/α,β-unsaturated/α-hetero) is 1. The molecule has 0 spiro atoms. The number of carbonyl (C=O) groups excluding carboxylic acids is 2. The Morgan fingerprint density at radius 1 is 1.16 bits per heavy atom. The molecule has 1 saturated heterocycles. The Morgan fingerprint density at radius 3 is 2.35 bits per heavy atom. The van der Waals surface area contributed by atoms with E-state index in [1.165, 1.54) is 6.92 Å². The molecule has 0 aromatic heterocycles. The molecule has 0 amide bonds. The van der Waals surface area contributed by atoms with Crippen LogP contribution in [0.25, 0.3) is 0 Å². The van der Waals surface area contributed by atoms with Gasteiger partial charge < -0.3 is 35.6 Å². The Morgan fingerprint density at radius 2 is 1.78 bits per heavy atom. The van der Waals surface area contributed by atoms with Gasteiger partial charge in [0.15, 0.2) is 0 Å². The molecule has 1 aliphatic rings. The maximum absolute atomic E-state index is 13.4. The van der Waals surface area contributed by atoms with Gasteiger partial charge in [-0.15, -0.1) is 0 Å². The van der Waals surface area contributed by atoms with Crippen molar-refractivity contribution in [3.63, 3.8) is 0 Å². The molecule has 0 saturated carbocycles. The smallest absolute Gasteiger partial charge is 0.316 e. The van der Waals surface area contributed by atoms with Gasteiger partial charge in [-0.25, -0.2) is 0 Å². The van der Waals surface area contributed by atoms with Crippen LogP contribution in [0.5, 0.6) is 0 Å². The van der Waals surface area contributed by atoms with E-state index in [0.717, 1.165) is 13.0 Å². The lowest BCUT2D eigenvalue weighted by Gasteiger charge is -2.43. The summed E-state index contributed by atoms with van der Waals surface area (Å²) < 4.78 is 12.1. The summed E-state index contributed by atoms with van der Waals surface area (Å²) >= 11 is 0. The first-order valence-electron chi connectivity index (χ1n) is 14.0. The number of nitrogens with one attached hydrogen (secondary N) is 1. The zero-order chi connectivity index (χ0) is 28.6. The minimum Gasteiger partial charge on any atom is -0.459 e. The highest BCUT2D eigenvalue weighted by molar-refractivity contribution is 5.99. The first kappa shape index (κ1) is 33.9. The number of cyclic esters (lactones) is 1. The van der Waals surface area contributed by atoms with Gasteiger partial charge in [0, 0.05) is 25.0 Å². The summed E-state index contributed by atoms with van der Waals surface area (Å²) in [5, 5.41) is 25.7. The number of ketones is 1. The predicted octanol–water partition coefficient (Wildman–Crippen LogP) is 1.97. The number of aliphatic hydroxyl groups excluding tert-OH is 1. The second-order valence-corrected chi connectivity index (χ2v) is 11.7. The molecule has 0 aliphatic carbocycles. The minimum atomic E-state index is -1.68. The van der Waals surface area contributed by atoms with Gasteiger partial charge in [0.1, 0.15) is 29.5 Å². The van der Waals surface area contributed by atoms with Crippen LogP contribution in [0.2, 0.25) is 0 Å². The van der Waals surface area contributed by atoms with Gasteiger partial charge >= 0.3 is 5.97 Å². The van der Waals surface area contributed by atoms with Crippen molar-refractivity contribution < 1.29 is 29.3 Å². The quantitative estimate of drug-likeness (QED) is 0.211. The Balaban J connectivity index is 3.32. The number of hydrogen-bond donors (Lipinski definition) is 4. The highest BCUT2D eigenvalue weighted by atomic mass is 16.6. The lowest BCUT2D eigenvalue weighted by atomic mass is 9.73. The summed E-state index contributed by atoms with van der Waals surface area (Å²) in [5.74, 6) is -2.32. The standard InChI is InChI=1S/C28H55N3O6/c1-10-23-28(8,35)25(33)22(6)31(9)17-18(2)16-27(7,36-15-14-30-13-11-12-29)21(5)19(3)24(32)20(4)26(34)37-23/h18-23,25,30,33,35H,10-17,29H2,1-9H3/t18-,19-,20-,21?,22-,23-,25-,27-,28-/m1/s1. The van der Waals surface area contributed by atoms with Crippen molar-refractivity contribution in [3.8, 4) is 0 Å². The molecule has 1 aliphatic heterocycles. The fourth-order valence-corrected chi connectivity index (χ4v) is 5.56. The first-order valence-corrected chi connectivity index (χ1v) is 14.0. The van der Waals surface area contributed by atoms with E-state index in [4.69, 9.17) is 15.2 Å². The summed E-state index contributed by atoms with van der Waals surface area (Å²) in [7, 11) is 1.92. The summed E-state index contributed by atoms with van der Waals surface area (Å²) in [6.45, 7) is 18.0. The van der Waals surface area contributed by atoms with Gasteiger partial charge in [0.05, 0.1) is 12.2 Å². The number of likely N-dealkylation sites (N-methyl/N-ethyl adjacent to an activating group) is 1. The van der Waals surface area contributed by atoms with Crippen LogP contribution in [0, 0.1) is 23.7 Å². The number of nitrogens with two attached hydrogens (primary N) is 1. The van der Waals surface area contributed by atoms with Gasteiger partial charge in [0.25, 0.3) is 0 Å². The molecular formula is C28H55N3O6. The van der Waals surface area contributed by atoms with Gasteiger partial charge in [-0.2, -0.15) is 0 Å². The molecule has 0 bridgehead atoms. The number of aliphatic hydroxyl groups is 2. The van der Waals surface area contributed by atoms with E-state index in [9.17, 15) is 19.8 Å². The lowest BCUT2D eigenvalue weighted by Crippen LogP contribution is -2.59. The molecule has 1 unspecified atom stereocenters. The Kier molecular flexibility index (Phi) is 13.7. The highest BCUT2D eigenvalue weighted by Gasteiger charge is 2.47. The third kappa shape index (κ3) is 8.97. The first-order chi connectivity index (χ1) is 17.1. The molecule has 218 valence electrons. The molecule has 9 nitrogen and oxygen atoms in total. The van der Waals surface area contributed by atoms with Crippen molar-refractivity contribution in [2.45, 2.75) is 104 Å². The Bertz CT molecular complexity index is 720. The highest BCUT2D eigenvalue weighted by Crippen LogP contribution is 2.36. The molecule has 0 radical (unpaired) electrons. The molecule has 9 atom stereocenters. The second kappa shape index (κ2) is 14.9. The van der Waals surface area contributed by atoms with Gasteiger partial charge in [-0.05, 0) is 78.9 Å². The van der Waals surface area contributed by atoms with E-state index in [2.05, 4.69) is 19.2 Å². The maximum Gasteiger partial charge on any atom is 0.316 e. The Hall–Kier alpha value is -1.10. The molecule has 1 fully saturated rings. The number of esters is 1. The van der Waals surface area contributed by atoms with Crippen LogP contribution in [-0.2, 0) is 19.1 Å². The zero-order valence-electron chi connectivity index (χ0n) is 24.8. The fraction of sp³-hybridized carbons (Fsp3) is 0.929. The van der Waals surface area contributed by atoms with Crippen LogP contribution in [0.1, 0.15) is 74.7 Å². The Labute approximate surface area is 224 Å². The maximum atomic E-state index is 13.4. The zero-order valence-corrected chi connectivity index (χ0v) is 24.8. The van der Waals surface area contributed by atoms with Crippen LogP contribution in [0.15, 0.2) is 0 Å².